The highest BCUT2D eigenvalue weighted by atomic mass is 35.7. The summed E-state index contributed by atoms with van der Waals surface area (Å²) >= 11 is 0. The number of carbonyl (C=O) groups excluding carboxylic acids is 1. The molecule has 1 atom stereocenters. The van der Waals surface area contributed by atoms with Crippen molar-refractivity contribution in [3.05, 3.63) is 12.7 Å². The fourth-order valence-electron chi connectivity index (χ4n) is 0.690. The van der Waals surface area contributed by atoms with Crippen molar-refractivity contribution in [2.24, 2.45) is 0 Å². The van der Waals surface area contributed by atoms with E-state index in [1.165, 1.54) is 0 Å². The molecule has 0 radical (unpaired) electrons. The first-order valence-corrected chi connectivity index (χ1v) is 5.76. The van der Waals surface area contributed by atoms with Crippen LogP contribution in [0.3, 0.4) is 0 Å². The maximum Gasteiger partial charge on any atom is 0.425 e. The van der Waals surface area contributed by atoms with Gasteiger partial charge in [-0.05, 0) is 6.92 Å². The predicted molar refractivity (Wildman–Crippen MR) is 50.4 cm³/mol. The molecule has 0 spiro atoms. The van der Waals surface area contributed by atoms with E-state index in [9.17, 15) is 18.0 Å². The number of esters is 1. The van der Waals surface area contributed by atoms with Gasteiger partial charge in [0.25, 0.3) is 0 Å². The number of carboxylic acid groups (broad SMARTS) is 1. The number of halogens is 1. The van der Waals surface area contributed by atoms with Crippen molar-refractivity contribution in [3.8, 4) is 0 Å². The summed E-state index contributed by atoms with van der Waals surface area (Å²) in [6.07, 6.45) is -2.65. The van der Waals surface area contributed by atoms with Crippen molar-refractivity contribution >= 4 is 32.0 Å². The Balaban J connectivity index is 4.88. The van der Waals surface area contributed by atoms with Crippen molar-refractivity contribution in [2.45, 2.75) is 13.2 Å². The highest BCUT2D eigenvalue weighted by Gasteiger charge is 2.32. The Morgan fingerprint density at radius 3 is 2.33 bits per heavy atom. The average Bonchev–Trinajstić information content (AvgIpc) is 1.99. The van der Waals surface area contributed by atoms with Gasteiger partial charge >= 0.3 is 21.3 Å². The first-order valence-electron chi connectivity index (χ1n) is 3.50. The highest BCUT2D eigenvalue weighted by molar-refractivity contribution is 8.12. The molecule has 0 rings (SSSR count). The average molecular weight is 258 g/mol. The molecule has 0 aliphatic carbocycles. The Hall–Kier alpha value is -1.28. The number of amides is 1. The standard InChI is InChI=1S/C6H8ClNO6S/c1-3-5(9)14-4(2)8(6(10)11)15(7,12)13/h3-4H,1H2,2H3,(H,10,11). The van der Waals surface area contributed by atoms with Gasteiger partial charge in [-0.2, -0.15) is 12.7 Å². The molecule has 1 unspecified atom stereocenters. The SMILES string of the molecule is C=CC(=O)OC(C)N(C(=O)O)S(=O)(=O)Cl. The minimum absolute atomic E-state index is 0.198. The van der Waals surface area contributed by atoms with Gasteiger partial charge in [0.1, 0.15) is 0 Å². The fraction of sp³-hybridized carbons (Fsp3) is 0.333. The topological polar surface area (TPSA) is 101 Å². The molecule has 1 amide bonds. The van der Waals surface area contributed by atoms with Crippen LogP contribution in [0.15, 0.2) is 12.7 Å². The van der Waals surface area contributed by atoms with Crippen LogP contribution in [0.4, 0.5) is 4.79 Å². The van der Waals surface area contributed by atoms with Crippen LogP contribution >= 0.6 is 10.7 Å². The van der Waals surface area contributed by atoms with E-state index >= 15 is 0 Å². The Morgan fingerprint density at radius 1 is 1.60 bits per heavy atom. The lowest BCUT2D eigenvalue weighted by molar-refractivity contribution is -0.146. The Bertz CT molecular complexity index is 377. The first kappa shape index (κ1) is 13.7. The molecule has 0 fully saturated rings. The van der Waals surface area contributed by atoms with E-state index in [0.717, 1.165) is 13.0 Å². The van der Waals surface area contributed by atoms with Gasteiger partial charge in [-0.1, -0.05) is 6.58 Å². The zero-order valence-electron chi connectivity index (χ0n) is 7.58. The maximum absolute atomic E-state index is 10.8. The molecule has 15 heavy (non-hydrogen) atoms. The number of carbonyl (C=O) groups is 2. The van der Waals surface area contributed by atoms with E-state index in [1.807, 2.05) is 0 Å². The third-order valence-electron chi connectivity index (χ3n) is 1.21. The van der Waals surface area contributed by atoms with E-state index in [0.29, 0.717) is 0 Å². The van der Waals surface area contributed by atoms with Crippen molar-refractivity contribution in [2.75, 3.05) is 0 Å². The van der Waals surface area contributed by atoms with Crippen molar-refractivity contribution in [1.29, 1.82) is 0 Å². The number of ether oxygens (including phenoxy) is 1. The summed E-state index contributed by atoms with van der Waals surface area (Å²) in [6.45, 7) is 4.09. The molecule has 1 N–H and O–H groups in total. The van der Waals surface area contributed by atoms with Gasteiger partial charge in [0.2, 0.25) is 0 Å². The molecule has 0 heterocycles. The summed E-state index contributed by atoms with van der Waals surface area (Å²) in [7, 11) is 0.293. The molecule has 7 nitrogen and oxygen atoms in total. The Morgan fingerprint density at radius 2 is 2.07 bits per heavy atom. The molecule has 9 heteroatoms. The normalized spacial score (nSPS) is 12.7. The summed E-state index contributed by atoms with van der Waals surface area (Å²) < 4.78 is 25.7. The predicted octanol–water partition coefficient (Wildman–Crippen LogP) is 0.525. The highest BCUT2D eigenvalue weighted by Crippen LogP contribution is 2.13. The maximum atomic E-state index is 10.8. The number of rotatable bonds is 4. The van der Waals surface area contributed by atoms with Crippen LogP contribution in [0.1, 0.15) is 6.92 Å². The van der Waals surface area contributed by atoms with Crippen molar-refractivity contribution in [1.82, 2.24) is 4.31 Å². The molecule has 0 saturated heterocycles. The quantitative estimate of drug-likeness (QED) is 0.341. The molecule has 86 valence electrons. The molecule has 0 aromatic heterocycles. The zero-order valence-corrected chi connectivity index (χ0v) is 9.16. The molecular formula is C6H8ClNO6S. The zero-order chi connectivity index (χ0) is 12.2. The third-order valence-corrected chi connectivity index (χ3v) is 2.58. The largest absolute Gasteiger partial charge is 0.464 e. The van der Waals surface area contributed by atoms with Gasteiger partial charge in [-0.25, -0.2) is 9.59 Å². The summed E-state index contributed by atoms with van der Waals surface area (Å²) in [6, 6.07) is 0. The minimum atomic E-state index is -4.52. The number of hydrogen-bond donors (Lipinski definition) is 1. The Kier molecular flexibility index (Phi) is 4.56. The fourth-order valence-corrected chi connectivity index (χ4v) is 1.79. The van der Waals surface area contributed by atoms with Crippen LogP contribution in [0.2, 0.25) is 0 Å². The van der Waals surface area contributed by atoms with Crippen molar-refractivity contribution < 1.29 is 27.9 Å². The van der Waals surface area contributed by atoms with E-state index in [-0.39, 0.29) is 4.31 Å². The van der Waals surface area contributed by atoms with Gasteiger partial charge in [0, 0.05) is 16.8 Å². The van der Waals surface area contributed by atoms with Crippen LogP contribution in [0.25, 0.3) is 0 Å². The number of hydrogen-bond acceptors (Lipinski definition) is 5. The third kappa shape index (κ3) is 4.17. The van der Waals surface area contributed by atoms with E-state index in [2.05, 4.69) is 11.3 Å². The summed E-state index contributed by atoms with van der Waals surface area (Å²) in [4.78, 5) is 21.2. The number of nitrogens with zero attached hydrogens (tertiary/aromatic N) is 1. The lowest BCUT2D eigenvalue weighted by Crippen LogP contribution is -2.42. The minimum Gasteiger partial charge on any atom is -0.464 e. The molecule has 0 bridgehead atoms. The molecule has 0 aromatic carbocycles. The van der Waals surface area contributed by atoms with E-state index in [4.69, 9.17) is 15.8 Å². The lowest BCUT2D eigenvalue weighted by Gasteiger charge is -2.21. The molecule has 0 aliphatic heterocycles. The van der Waals surface area contributed by atoms with E-state index < -0.39 is 27.5 Å². The monoisotopic (exact) mass is 257 g/mol. The molecule has 0 aromatic rings. The molecular weight excluding hydrogens is 250 g/mol. The van der Waals surface area contributed by atoms with Gasteiger partial charge in [-0.15, -0.1) is 0 Å². The van der Waals surface area contributed by atoms with Gasteiger partial charge in [0.15, 0.2) is 6.23 Å². The van der Waals surface area contributed by atoms with Crippen LogP contribution in [0, 0.1) is 0 Å². The van der Waals surface area contributed by atoms with E-state index in [1.54, 1.807) is 0 Å². The van der Waals surface area contributed by atoms with Crippen molar-refractivity contribution in [3.63, 3.8) is 0 Å². The summed E-state index contributed by atoms with van der Waals surface area (Å²) in [5, 5.41) is 8.51. The second-order valence-corrected chi connectivity index (χ2v) is 4.65. The van der Waals surface area contributed by atoms with Crippen LogP contribution in [0.5, 0.6) is 0 Å². The van der Waals surface area contributed by atoms with Gasteiger partial charge < -0.3 is 9.84 Å². The Labute approximate surface area is 90.4 Å². The smallest absolute Gasteiger partial charge is 0.425 e. The van der Waals surface area contributed by atoms with Gasteiger partial charge in [0.05, 0.1) is 0 Å². The molecule has 0 aliphatic rings. The molecule has 0 saturated carbocycles. The summed E-state index contributed by atoms with van der Waals surface area (Å²) in [5.41, 5.74) is 0. The van der Waals surface area contributed by atoms with Crippen LogP contribution in [-0.4, -0.2) is 36.1 Å². The lowest BCUT2D eigenvalue weighted by atomic mass is 10.6. The second kappa shape index (κ2) is 4.99. The van der Waals surface area contributed by atoms with Crippen LogP contribution in [-0.2, 0) is 18.8 Å². The summed E-state index contributed by atoms with van der Waals surface area (Å²) in [5.74, 6) is -0.964. The second-order valence-electron chi connectivity index (χ2n) is 2.26. The van der Waals surface area contributed by atoms with Gasteiger partial charge in [-0.3, -0.25) is 0 Å². The van der Waals surface area contributed by atoms with Crippen LogP contribution < -0.4 is 0 Å². The first-order chi connectivity index (χ1) is 6.70.